The van der Waals surface area contributed by atoms with Crippen LogP contribution in [-0.4, -0.2) is 12.2 Å². The second kappa shape index (κ2) is 9.77. The zero-order valence-corrected chi connectivity index (χ0v) is 8.70. The van der Waals surface area contributed by atoms with E-state index in [4.69, 9.17) is 5.73 Å². The van der Waals surface area contributed by atoms with E-state index in [2.05, 4.69) is 17.5 Å². The number of rotatable bonds is 7. The number of hydrogen-bond acceptors (Lipinski definition) is 2. The second-order valence-electron chi connectivity index (χ2n) is 3.03. The number of unbranched alkanes of at least 4 members (excludes halogenated alkanes) is 4. The molecule has 0 heterocycles. The van der Waals surface area contributed by atoms with Crippen molar-refractivity contribution in [3.05, 3.63) is 12.2 Å². The normalized spacial score (nSPS) is 11.2. The third kappa shape index (κ3) is 10.7. The number of carbonyl (C=O) groups excluding carboxylic acids is 1. The van der Waals surface area contributed by atoms with E-state index in [-0.39, 0.29) is 0 Å². The van der Waals surface area contributed by atoms with Gasteiger partial charge in [0, 0.05) is 6.21 Å². The van der Waals surface area contributed by atoms with Crippen molar-refractivity contribution in [1.82, 2.24) is 5.43 Å². The summed E-state index contributed by atoms with van der Waals surface area (Å²) in [4.78, 5) is 10.2. The predicted octanol–water partition coefficient (Wildman–Crippen LogP) is 2.17. The molecule has 14 heavy (non-hydrogen) atoms. The number of urea groups is 1. The summed E-state index contributed by atoms with van der Waals surface area (Å²) in [6.07, 6.45) is 11.5. The number of hydrogen-bond donors (Lipinski definition) is 2. The third-order valence-electron chi connectivity index (χ3n) is 1.70. The highest BCUT2D eigenvalue weighted by molar-refractivity contribution is 5.75. The molecule has 0 aliphatic heterocycles. The molecule has 0 aromatic rings. The number of amides is 2. The van der Waals surface area contributed by atoms with Gasteiger partial charge in [-0.05, 0) is 18.9 Å². The average molecular weight is 197 g/mol. The maximum atomic E-state index is 10.2. The number of nitrogens with one attached hydrogen (secondary N) is 1. The molecule has 4 nitrogen and oxygen atoms in total. The number of nitrogens with zero attached hydrogens (tertiary/aromatic N) is 1. The maximum absolute atomic E-state index is 10.2. The first-order valence-electron chi connectivity index (χ1n) is 5.01. The molecular weight excluding hydrogens is 178 g/mol. The Balaban J connectivity index is 3.26. The minimum absolute atomic E-state index is 0.641. The monoisotopic (exact) mass is 197 g/mol. The van der Waals surface area contributed by atoms with Crippen molar-refractivity contribution in [2.24, 2.45) is 10.8 Å². The van der Waals surface area contributed by atoms with Gasteiger partial charge in [-0.15, -0.1) is 0 Å². The fraction of sp³-hybridized carbons (Fsp3) is 0.600. The standard InChI is InChI=1S/C10H19N3O/c1-2-3-4-5-6-7-8-9-12-13-10(11)14/h7-9H,2-6H2,1H3,(H3,11,13,14). The molecule has 0 aliphatic rings. The number of allylic oxidation sites excluding steroid dienone is 2. The van der Waals surface area contributed by atoms with Gasteiger partial charge in [0.25, 0.3) is 0 Å². The van der Waals surface area contributed by atoms with Gasteiger partial charge in [-0.1, -0.05) is 32.3 Å². The van der Waals surface area contributed by atoms with Crippen LogP contribution in [-0.2, 0) is 0 Å². The number of carbonyl (C=O) groups is 1. The lowest BCUT2D eigenvalue weighted by Gasteiger charge is -1.93. The van der Waals surface area contributed by atoms with Crippen molar-refractivity contribution in [3.8, 4) is 0 Å². The third-order valence-corrected chi connectivity index (χ3v) is 1.70. The number of primary amides is 1. The summed E-state index contributed by atoms with van der Waals surface area (Å²) < 4.78 is 0. The highest BCUT2D eigenvalue weighted by Crippen LogP contribution is 2.02. The van der Waals surface area contributed by atoms with Crippen molar-refractivity contribution < 1.29 is 4.79 Å². The van der Waals surface area contributed by atoms with Crippen LogP contribution in [0.2, 0.25) is 0 Å². The summed E-state index contributed by atoms with van der Waals surface area (Å²) in [5.41, 5.74) is 6.91. The highest BCUT2D eigenvalue weighted by Gasteiger charge is 1.83. The molecule has 0 rings (SSSR count). The molecule has 0 aromatic heterocycles. The van der Waals surface area contributed by atoms with Gasteiger partial charge in [0.15, 0.2) is 0 Å². The van der Waals surface area contributed by atoms with Crippen molar-refractivity contribution in [2.45, 2.75) is 39.0 Å². The summed E-state index contributed by atoms with van der Waals surface area (Å²) >= 11 is 0. The topological polar surface area (TPSA) is 67.5 Å². The average Bonchev–Trinajstić information content (AvgIpc) is 2.15. The van der Waals surface area contributed by atoms with Gasteiger partial charge in [0.2, 0.25) is 0 Å². The molecule has 0 saturated carbocycles. The molecule has 0 aromatic carbocycles. The Morgan fingerprint density at radius 2 is 2.21 bits per heavy atom. The predicted molar refractivity (Wildman–Crippen MR) is 59.1 cm³/mol. The van der Waals surface area contributed by atoms with Gasteiger partial charge in [-0.3, -0.25) is 0 Å². The smallest absolute Gasteiger partial charge is 0.332 e. The van der Waals surface area contributed by atoms with Crippen LogP contribution in [0.25, 0.3) is 0 Å². The lowest BCUT2D eigenvalue weighted by Crippen LogP contribution is -2.24. The van der Waals surface area contributed by atoms with E-state index in [1.807, 2.05) is 12.2 Å². The molecule has 0 radical (unpaired) electrons. The second-order valence-corrected chi connectivity index (χ2v) is 3.03. The molecule has 2 amide bonds. The van der Waals surface area contributed by atoms with Crippen LogP contribution in [0, 0.1) is 0 Å². The Kier molecular flexibility index (Phi) is 8.84. The summed E-state index contributed by atoms with van der Waals surface area (Å²) in [6, 6.07) is -0.641. The molecule has 0 bridgehead atoms. The van der Waals surface area contributed by atoms with Gasteiger partial charge in [0.1, 0.15) is 0 Å². The van der Waals surface area contributed by atoms with Crippen LogP contribution >= 0.6 is 0 Å². The molecule has 0 saturated heterocycles. The molecule has 0 spiro atoms. The minimum Gasteiger partial charge on any atom is -0.350 e. The first-order valence-corrected chi connectivity index (χ1v) is 5.01. The van der Waals surface area contributed by atoms with Gasteiger partial charge >= 0.3 is 6.03 Å². The Morgan fingerprint density at radius 1 is 1.43 bits per heavy atom. The van der Waals surface area contributed by atoms with Crippen molar-refractivity contribution >= 4 is 12.2 Å². The van der Waals surface area contributed by atoms with E-state index in [1.54, 1.807) is 0 Å². The van der Waals surface area contributed by atoms with Crippen LogP contribution in [0.3, 0.4) is 0 Å². The number of hydrazone groups is 1. The Hall–Kier alpha value is -1.32. The van der Waals surface area contributed by atoms with Crippen LogP contribution in [0.4, 0.5) is 4.79 Å². The number of nitrogens with two attached hydrogens (primary N) is 1. The molecule has 0 atom stereocenters. The van der Waals surface area contributed by atoms with E-state index in [0.29, 0.717) is 0 Å². The lowest BCUT2D eigenvalue weighted by molar-refractivity contribution is 0.249. The summed E-state index contributed by atoms with van der Waals surface area (Å²) in [5, 5.41) is 3.57. The Labute approximate surface area is 85.3 Å². The Bertz CT molecular complexity index is 200. The fourth-order valence-electron chi connectivity index (χ4n) is 0.990. The minimum atomic E-state index is -0.641. The Morgan fingerprint density at radius 3 is 2.86 bits per heavy atom. The quantitative estimate of drug-likeness (QED) is 0.366. The van der Waals surface area contributed by atoms with Crippen LogP contribution < -0.4 is 11.2 Å². The largest absolute Gasteiger partial charge is 0.350 e. The van der Waals surface area contributed by atoms with Gasteiger partial charge in [-0.2, -0.15) is 5.10 Å². The fourth-order valence-corrected chi connectivity index (χ4v) is 0.990. The molecule has 3 N–H and O–H groups in total. The summed E-state index contributed by atoms with van der Waals surface area (Å²) in [7, 11) is 0. The summed E-state index contributed by atoms with van der Waals surface area (Å²) in [5.74, 6) is 0. The SMILES string of the molecule is CCCCCCC=CC=NNC(N)=O. The molecule has 0 fully saturated rings. The van der Waals surface area contributed by atoms with Gasteiger partial charge < -0.3 is 5.73 Å². The highest BCUT2D eigenvalue weighted by atomic mass is 16.2. The first kappa shape index (κ1) is 12.7. The lowest BCUT2D eigenvalue weighted by atomic mass is 10.1. The van der Waals surface area contributed by atoms with Gasteiger partial charge in [-0.25, -0.2) is 10.2 Å². The molecule has 4 heteroatoms. The van der Waals surface area contributed by atoms with Gasteiger partial charge in [0.05, 0.1) is 0 Å². The molecule has 0 aliphatic carbocycles. The summed E-state index contributed by atoms with van der Waals surface area (Å²) in [6.45, 7) is 2.19. The zero-order chi connectivity index (χ0) is 10.6. The molecular formula is C10H19N3O. The van der Waals surface area contributed by atoms with E-state index in [0.717, 1.165) is 6.42 Å². The molecule has 0 unspecified atom stereocenters. The van der Waals surface area contributed by atoms with Crippen LogP contribution in [0.15, 0.2) is 17.3 Å². The maximum Gasteiger partial charge on any atom is 0.332 e. The van der Waals surface area contributed by atoms with Crippen molar-refractivity contribution in [3.63, 3.8) is 0 Å². The van der Waals surface area contributed by atoms with E-state index in [9.17, 15) is 4.79 Å². The van der Waals surface area contributed by atoms with Crippen molar-refractivity contribution in [2.75, 3.05) is 0 Å². The van der Waals surface area contributed by atoms with E-state index < -0.39 is 6.03 Å². The van der Waals surface area contributed by atoms with Crippen LogP contribution in [0.5, 0.6) is 0 Å². The van der Waals surface area contributed by atoms with Crippen molar-refractivity contribution in [1.29, 1.82) is 0 Å². The molecule has 80 valence electrons. The zero-order valence-electron chi connectivity index (χ0n) is 8.70. The first-order chi connectivity index (χ1) is 6.77. The van der Waals surface area contributed by atoms with E-state index >= 15 is 0 Å². The van der Waals surface area contributed by atoms with Crippen LogP contribution in [0.1, 0.15) is 39.0 Å². The van der Waals surface area contributed by atoms with E-state index in [1.165, 1.54) is 31.9 Å².